The van der Waals surface area contributed by atoms with Crippen LogP contribution in [0.2, 0.25) is 0 Å². The van der Waals surface area contributed by atoms with Crippen molar-refractivity contribution in [1.29, 1.82) is 0 Å². The summed E-state index contributed by atoms with van der Waals surface area (Å²) in [6.07, 6.45) is 0. The van der Waals surface area contributed by atoms with Crippen molar-refractivity contribution in [2.75, 3.05) is 51.8 Å². The molecular weight excluding hydrogens is 360 g/mol. The molecule has 1 saturated heterocycles. The van der Waals surface area contributed by atoms with E-state index in [0.717, 1.165) is 44.4 Å². The van der Waals surface area contributed by atoms with E-state index in [1.54, 1.807) is 11.8 Å². The van der Waals surface area contributed by atoms with Gasteiger partial charge in [-0.2, -0.15) is 0 Å². The molecule has 0 unspecified atom stereocenters. The lowest BCUT2D eigenvalue weighted by Crippen LogP contribution is -2.41. The smallest absolute Gasteiger partial charge is 0.251 e. The molecular formula is C21H26N2O3S. The molecule has 0 saturated carbocycles. The van der Waals surface area contributed by atoms with Crippen molar-refractivity contribution in [3.8, 4) is 5.75 Å². The average Bonchev–Trinajstić information content (AvgIpc) is 2.73. The first-order valence-corrected chi connectivity index (χ1v) is 10.3. The van der Waals surface area contributed by atoms with Crippen molar-refractivity contribution >= 4 is 17.7 Å². The lowest BCUT2D eigenvalue weighted by Gasteiger charge is -2.26. The molecule has 0 atom stereocenters. The molecule has 0 radical (unpaired) electrons. The summed E-state index contributed by atoms with van der Waals surface area (Å²) >= 11 is 1.77. The normalized spacial score (nSPS) is 14.7. The molecule has 5 nitrogen and oxygen atoms in total. The van der Waals surface area contributed by atoms with Crippen molar-refractivity contribution in [1.82, 2.24) is 10.2 Å². The number of amides is 1. The third-order valence-electron chi connectivity index (χ3n) is 4.30. The summed E-state index contributed by atoms with van der Waals surface area (Å²) in [7, 11) is 0. The summed E-state index contributed by atoms with van der Waals surface area (Å²) in [6.45, 7) is 5.56. The van der Waals surface area contributed by atoms with E-state index in [4.69, 9.17) is 9.47 Å². The van der Waals surface area contributed by atoms with E-state index in [1.165, 1.54) is 4.90 Å². The van der Waals surface area contributed by atoms with Gasteiger partial charge in [0.05, 0.1) is 19.8 Å². The van der Waals surface area contributed by atoms with E-state index in [-0.39, 0.29) is 5.91 Å². The van der Waals surface area contributed by atoms with Gasteiger partial charge in [0.2, 0.25) is 0 Å². The molecule has 0 aliphatic carbocycles. The first-order chi connectivity index (χ1) is 13.3. The Hall–Kier alpha value is -2.02. The molecule has 2 aromatic carbocycles. The SMILES string of the molecule is O=C(NCCN1CCOCC1)c1ccc(OCCSc2ccccc2)cc1. The van der Waals surface area contributed by atoms with Crippen LogP contribution in [0.1, 0.15) is 10.4 Å². The number of hydrogen-bond donors (Lipinski definition) is 1. The zero-order chi connectivity index (χ0) is 18.7. The number of morpholine rings is 1. The zero-order valence-corrected chi connectivity index (χ0v) is 16.2. The minimum Gasteiger partial charge on any atom is -0.493 e. The Kier molecular flexibility index (Phi) is 8.02. The molecule has 1 N–H and O–H groups in total. The highest BCUT2D eigenvalue weighted by Crippen LogP contribution is 2.18. The summed E-state index contributed by atoms with van der Waals surface area (Å²) < 4.78 is 11.1. The largest absolute Gasteiger partial charge is 0.493 e. The first-order valence-electron chi connectivity index (χ1n) is 9.30. The monoisotopic (exact) mass is 386 g/mol. The summed E-state index contributed by atoms with van der Waals surface area (Å²) in [5.74, 6) is 1.62. The first kappa shape index (κ1) is 19.7. The maximum absolute atomic E-state index is 12.2. The topological polar surface area (TPSA) is 50.8 Å². The maximum atomic E-state index is 12.2. The van der Waals surface area contributed by atoms with Crippen LogP contribution in [-0.4, -0.2) is 62.6 Å². The number of benzene rings is 2. The average molecular weight is 387 g/mol. The Bertz CT molecular complexity index is 688. The summed E-state index contributed by atoms with van der Waals surface area (Å²) in [5, 5.41) is 2.97. The van der Waals surface area contributed by atoms with Crippen LogP contribution in [-0.2, 0) is 4.74 Å². The van der Waals surface area contributed by atoms with Crippen LogP contribution in [0.5, 0.6) is 5.75 Å². The number of thioether (sulfide) groups is 1. The highest BCUT2D eigenvalue weighted by molar-refractivity contribution is 7.99. The summed E-state index contributed by atoms with van der Waals surface area (Å²) in [4.78, 5) is 15.8. The van der Waals surface area contributed by atoms with E-state index in [9.17, 15) is 4.79 Å². The molecule has 6 heteroatoms. The Balaban J connectivity index is 1.34. The van der Waals surface area contributed by atoms with Gasteiger partial charge in [0.15, 0.2) is 0 Å². The van der Waals surface area contributed by atoms with Gasteiger partial charge in [0, 0.05) is 42.4 Å². The molecule has 1 fully saturated rings. The number of nitrogens with one attached hydrogen (secondary N) is 1. The second-order valence-electron chi connectivity index (χ2n) is 6.24. The molecule has 0 aromatic heterocycles. The quantitative estimate of drug-likeness (QED) is 0.530. The Morgan fingerprint density at radius 3 is 2.56 bits per heavy atom. The van der Waals surface area contributed by atoms with Crippen molar-refractivity contribution in [3.63, 3.8) is 0 Å². The standard InChI is InChI=1S/C21H26N2O3S/c24-21(22-10-11-23-12-14-25-15-13-23)18-6-8-19(9-7-18)26-16-17-27-20-4-2-1-3-5-20/h1-9H,10-17H2,(H,22,24). The Labute approximate surface area is 165 Å². The van der Waals surface area contributed by atoms with E-state index in [1.807, 2.05) is 42.5 Å². The van der Waals surface area contributed by atoms with Crippen LogP contribution < -0.4 is 10.1 Å². The number of hydrogen-bond acceptors (Lipinski definition) is 5. The lowest BCUT2D eigenvalue weighted by atomic mass is 10.2. The fourth-order valence-corrected chi connectivity index (χ4v) is 3.54. The molecule has 1 amide bonds. The molecule has 144 valence electrons. The van der Waals surface area contributed by atoms with Crippen LogP contribution in [0.4, 0.5) is 0 Å². The fraction of sp³-hybridized carbons (Fsp3) is 0.381. The summed E-state index contributed by atoms with van der Waals surface area (Å²) in [5.41, 5.74) is 0.656. The van der Waals surface area contributed by atoms with Gasteiger partial charge in [-0.3, -0.25) is 9.69 Å². The fourth-order valence-electron chi connectivity index (χ4n) is 2.79. The van der Waals surface area contributed by atoms with Gasteiger partial charge in [-0.15, -0.1) is 11.8 Å². The zero-order valence-electron chi connectivity index (χ0n) is 15.4. The molecule has 0 spiro atoms. The Morgan fingerprint density at radius 2 is 1.81 bits per heavy atom. The molecule has 1 aliphatic heterocycles. The van der Waals surface area contributed by atoms with Crippen LogP contribution >= 0.6 is 11.8 Å². The second-order valence-corrected chi connectivity index (χ2v) is 7.41. The Morgan fingerprint density at radius 1 is 1.07 bits per heavy atom. The van der Waals surface area contributed by atoms with Crippen LogP contribution in [0.25, 0.3) is 0 Å². The number of nitrogens with zero attached hydrogens (tertiary/aromatic N) is 1. The molecule has 1 aliphatic rings. The van der Waals surface area contributed by atoms with Gasteiger partial charge < -0.3 is 14.8 Å². The van der Waals surface area contributed by atoms with E-state index >= 15 is 0 Å². The number of rotatable bonds is 9. The van der Waals surface area contributed by atoms with Crippen molar-refractivity contribution in [2.45, 2.75) is 4.90 Å². The lowest BCUT2D eigenvalue weighted by molar-refractivity contribution is 0.0383. The van der Waals surface area contributed by atoms with Gasteiger partial charge in [0.1, 0.15) is 5.75 Å². The minimum absolute atomic E-state index is 0.0468. The van der Waals surface area contributed by atoms with Gasteiger partial charge in [-0.1, -0.05) is 18.2 Å². The van der Waals surface area contributed by atoms with Crippen LogP contribution in [0, 0.1) is 0 Å². The predicted molar refractivity (Wildman–Crippen MR) is 109 cm³/mol. The molecule has 1 heterocycles. The predicted octanol–water partition coefficient (Wildman–Crippen LogP) is 2.92. The third kappa shape index (κ3) is 6.90. The third-order valence-corrected chi connectivity index (χ3v) is 5.27. The minimum atomic E-state index is -0.0468. The van der Waals surface area contributed by atoms with Crippen LogP contribution in [0.3, 0.4) is 0 Å². The number of carbonyl (C=O) groups is 1. The molecule has 3 rings (SSSR count). The molecule has 27 heavy (non-hydrogen) atoms. The van der Waals surface area contributed by atoms with E-state index in [2.05, 4.69) is 22.3 Å². The highest BCUT2D eigenvalue weighted by Gasteiger charge is 2.11. The second kappa shape index (κ2) is 11.0. The number of carbonyl (C=O) groups excluding carboxylic acids is 1. The van der Waals surface area contributed by atoms with Gasteiger partial charge in [-0.25, -0.2) is 0 Å². The number of ether oxygens (including phenoxy) is 2. The molecule has 0 bridgehead atoms. The van der Waals surface area contributed by atoms with Gasteiger partial charge in [0.25, 0.3) is 5.91 Å². The van der Waals surface area contributed by atoms with Gasteiger partial charge >= 0.3 is 0 Å². The maximum Gasteiger partial charge on any atom is 0.251 e. The van der Waals surface area contributed by atoms with Crippen molar-refractivity contribution in [3.05, 3.63) is 60.2 Å². The van der Waals surface area contributed by atoms with Gasteiger partial charge in [-0.05, 0) is 36.4 Å². The van der Waals surface area contributed by atoms with Crippen molar-refractivity contribution < 1.29 is 14.3 Å². The highest BCUT2D eigenvalue weighted by atomic mass is 32.2. The van der Waals surface area contributed by atoms with Crippen LogP contribution in [0.15, 0.2) is 59.5 Å². The molecule has 2 aromatic rings. The van der Waals surface area contributed by atoms with Crippen molar-refractivity contribution in [2.24, 2.45) is 0 Å². The van der Waals surface area contributed by atoms with E-state index < -0.39 is 0 Å². The van der Waals surface area contributed by atoms with E-state index in [0.29, 0.717) is 18.7 Å². The summed E-state index contributed by atoms with van der Waals surface area (Å²) in [6, 6.07) is 17.6.